The number of aromatic nitrogens is 1. The molecule has 1 aromatic heterocycles. The van der Waals surface area contributed by atoms with Crippen LogP contribution in [0.4, 0.5) is 5.69 Å². The highest BCUT2D eigenvalue weighted by Gasteiger charge is 2.35. The molecule has 0 amide bonds. The maximum atomic E-state index is 6.62. The van der Waals surface area contributed by atoms with E-state index in [0.717, 1.165) is 30.5 Å². The first-order valence-corrected chi connectivity index (χ1v) is 7.63. The molecule has 0 fully saturated rings. The first-order chi connectivity index (χ1) is 10.1. The van der Waals surface area contributed by atoms with Gasteiger partial charge >= 0.3 is 0 Å². The van der Waals surface area contributed by atoms with Crippen LogP contribution in [0, 0.1) is 0 Å². The molecule has 3 nitrogen and oxygen atoms in total. The van der Waals surface area contributed by atoms with Crippen LogP contribution in [0.2, 0.25) is 0 Å². The highest BCUT2D eigenvalue weighted by atomic mass is 14.7. The number of anilines is 1. The van der Waals surface area contributed by atoms with Crippen molar-refractivity contribution < 1.29 is 0 Å². The number of hydrogen-bond acceptors (Lipinski definition) is 3. The SMILES string of the molecule is CCC(CC)(c1ccccc1)C(N)Cc1cnccc1N. The molecule has 112 valence electrons. The Morgan fingerprint density at radius 2 is 1.76 bits per heavy atom. The predicted octanol–water partition coefficient (Wildman–Crippen LogP) is 3.29. The average molecular weight is 283 g/mol. The molecule has 4 N–H and O–H groups in total. The number of nitrogens with zero attached hydrogens (tertiary/aromatic N) is 1. The lowest BCUT2D eigenvalue weighted by molar-refractivity contribution is 0.315. The smallest absolute Gasteiger partial charge is 0.0378 e. The highest BCUT2D eigenvalue weighted by molar-refractivity contribution is 5.45. The summed E-state index contributed by atoms with van der Waals surface area (Å²) in [5.74, 6) is 0. The summed E-state index contributed by atoms with van der Waals surface area (Å²) in [6, 6.07) is 12.4. The number of hydrogen-bond donors (Lipinski definition) is 2. The second kappa shape index (κ2) is 6.72. The van der Waals surface area contributed by atoms with Gasteiger partial charge in [-0.3, -0.25) is 4.98 Å². The largest absolute Gasteiger partial charge is 0.398 e. The van der Waals surface area contributed by atoms with E-state index >= 15 is 0 Å². The van der Waals surface area contributed by atoms with E-state index in [4.69, 9.17) is 11.5 Å². The van der Waals surface area contributed by atoms with Crippen molar-refractivity contribution in [2.45, 2.75) is 44.6 Å². The fourth-order valence-corrected chi connectivity index (χ4v) is 3.21. The topological polar surface area (TPSA) is 64.9 Å². The fourth-order valence-electron chi connectivity index (χ4n) is 3.21. The van der Waals surface area contributed by atoms with Gasteiger partial charge in [-0.25, -0.2) is 0 Å². The lowest BCUT2D eigenvalue weighted by Gasteiger charge is -2.38. The molecule has 1 unspecified atom stereocenters. The normalized spacial score (nSPS) is 13.1. The van der Waals surface area contributed by atoms with Crippen molar-refractivity contribution in [3.05, 3.63) is 59.9 Å². The van der Waals surface area contributed by atoms with Gasteiger partial charge in [0.2, 0.25) is 0 Å². The van der Waals surface area contributed by atoms with Gasteiger partial charge in [0, 0.05) is 29.5 Å². The number of nitrogen functional groups attached to an aromatic ring is 1. The lowest BCUT2D eigenvalue weighted by Crippen LogP contribution is -2.46. The van der Waals surface area contributed by atoms with E-state index in [2.05, 4.69) is 43.1 Å². The van der Waals surface area contributed by atoms with Gasteiger partial charge in [-0.15, -0.1) is 0 Å². The molecule has 0 aliphatic carbocycles. The van der Waals surface area contributed by atoms with Crippen LogP contribution in [0.1, 0.15) is 37.8 Å². The molecule has 21 heavy (non-hydrogen) atoms. The molecule has 3 heteroatoms. The Kier molecular flexibility index (Phi) is 4.97. The van der Waals surface area contributed by atoms with E-state index in [1.807, 2.05) is 18.3 Å². The second-order valence-corrected chi connectivity index (χ2v) is 5.61. The summed E-state index contributed by atoms with van der Waals surface area (Å²) in [6.07, 6.45) is 6.31. The van der Waals surface area contributed by atoms with Gasteiger partial charge in [0.25, 0.3) is 0 Å². The number of nitrogens with two attached hydrogens (primary N) is 2. The van der Waals surface area contributed by atoms with Crippen LogP contribution < -0.4 is 11.5 Å². The molecule has 1 aromatic carbocycles. The highest BCUT2D eigenvalue weighted by Crippen LogP contribution is 2.36. The Balaban J connectivity index is 2.32. The van der Waals surface area contributed by atoms with Crippen molar-refractivity contribution in [2.75, 3.05) is 5.73 Å². The monoisotopic (exact) mass is 283 g/mol. The predicted molar refractivity (Wildman–Crippen MR) is 89.0 cm³/mol. The van der Waals surface area contributed by atoms with E-state index < -0.39 is 0 Å². The molecular formula is C18H25N3. The first-order valence-electron chi connectivity index (χ1n) is 7.63. The minimum Gasteiger partial charge on any atom is -0.398 e. The average Bonchev–Trinajstić information content (AvgIpc) is 2.52. The molecule has 2 aromatic rings. The van der Waals surface area contributed by atoms with Crippen molar-refractivity contribution in [1.29, 1.82) is 0 Å². The zero-order valence-electron chi connectivity index (χ0n) is 12.9. The molecule has 1 atom stereocenters. The molecular weight excluding hydrogens is 258 g/mol. The Hall–Kier alpha value is -1.87. The van der Waals surface area contributed by atoms with Crippen LogP contribution >= 0.6 is 0 Å². The van der Waals surface area contributed by atoms with Gasteiger partial charge in [-0.1, -0.05) is 44.2 Å². The van der Waals surface area contributed by atoms with Crippen LogP contribution in [-0.2, 0) is 11.8 Å². The molecule has 0 saturated heterocycles. The van der Waals surface area contributed by atoms with Crippen LogP contribution in [0.5, 0.6) is 0 Å². The molecule has 0 bridgehead atoms. The molecule has 0 aliphatic rings. The molecule has 0 saturated carbocycles. The van der Waals surface area contributed by atoms with E-state index in [-0.39, 0.29) is 11.5 Å². The third-order valence-electron chi connectivity index (χ3n) is 4.70. The minimum absolute atomic E-state index is 0.0152. The third-order valence-corrected chi connectivity index (χ3v) is 4.70. The fraction of sp³-hybridized carbons (Fsp3) is 0.389. The Morgan fingerprint density at radius 1 is 1.10 bits per heavy atom. The Morgan fingerprint density at radius 3 is 2.33 bits per heavy atom. The van der Waals surface area contributed by atoms with Crippen LogP contribution in [0.15, 0.2) is 48.8 Å². The third kappa shape index (κ3) is 3.08. The summed E-state index contributed by atoms with van der Waals surface area (Å²) in [6.45, 7) is 4.42. The second-order valence-electron chi connectivity index (χ2n) is 5.61. The standard InChI is InChI=1S/C18H25N3/c1-3-18(4-2,15-8-6-5-7-9-15)17(20)12-14-13-21-11-10-16(14)19/h5-11,13,17H,3-4,12,20H2,1-2H3,(H2,19,21). The zero-order valence-corrected chi connectivity index (χ0v) is 12.9. The molecule has 0 spiro atoms. The molecule has 1 heterocycles. The maximum Gasteiger partial charge on any atom is 0.0378 e. The quantitative estimate of drug-likeness (QED) is 0.855. The summed E-state index contributed by atoms with van der Waals surface area (Å²) >= 11 is 0. The van der Waals surface area contributed by atoms with E-state index in [0.29, 0.717) is 0 Å². The van der Waals surface area contributed by atoms with E-state index in [9.17, 15) is 0 Å². The molecule has 2 rings (SSSR count). The zero-order chi connectivity index (χ0) is 15.3. The van der Waals surface area contributed by atoms with Crippen molar-refractivity contribution in [3.63, 3.8) is 0 Å². The number of benzene rings is 1. The van der Waals surface area contributed by atoms with Gasteiger partial charge in [0.05, 0.1) is 0 Å². The Bertz CT molecular complexity index is 562. The van der Waals surface area contributed by atoms with Crippen molar-refractivity contribution in [1.82, 2.24) is 4.98 Å². The van der Waals surface area contributed by atoms with E-state index in [1.165, 1.54) is 5.56 Å². The van der Waals surface area contributed by atoms with Crippen molar-refractivity contribution in [3.8, 4) is 0 Å². The van der Waals surface area contributed by atoms with Gasteiger partial charge in [-0.05, 0) is 36.5 Å². The summed E-state index contributed by atoms with van der Waals surface area (Å²) in [7, 11) is 0. The first kappa shape index (κ1) is 15.5. The molecule has 0 radical (unpaired) electrons. The van der Waals surface area contributed by atoms with Gasteiger partial charge in [0.1, 0.15) is 0 Å². The van der Waals surface area contributed by atoms with Crippen LogP contribution in [0.3, 0.4) is 0 Å². The van der Waals surface area contributed by atoms with Crippen molar-refractivity contribution >= 4 is 5.69 Å². The summed E-state index contributed by atoms with van der Waals surface area (Å²) < 4.78 is 0. The van der Waals surface area contributed by atoms with Crippen LogP contribution in [-0.4, -0.2) is 11.0 Å². The number of pyridine rings is 1. The summed E-state index contributed by atoms with van der Waals surface area (Å²) in [5.41, 5.74) is 15.8. The van der Waals surface area contributed by atoms with Gasteiger partial charge < -0.3 is 11.5 Å². The van der Waals surface area contributed by atoms with Crippen molar-refractivity contribution in [2.24, 2.45) is 5.73 Å². The van der Waals surface area contributed by atoms with Gasteiger partial charge in [0.15, 0.2) is 0 Å². The maximum absolute atomic E-state index is 6.62. The van der Waals surface area contributed by atoms with E-state index in [1.54, 1.807) is 6.20 Å². The summed E-state index contributed by atoms with van der Waals surface area (Å²) in [4.78, 5) is 4.17. The molecule has 0 aliphatic heterocycles. The van der Waals surface area contributed by atoms with Gasteiger partial charge in [-0.2, -0.15) is 0 Å². The minimum atomic E-state index is -0.0243. The lowest BCUT2D eigenvalue weighted by atomic mass is 9.69. The summed E-state index contributed by atoms with van der Waals surface area (Å²) in [5, 5.41) is 0. The number of rotatable bonds is 6. The Labute approximate surface area is 127 Å². The van der Waals surface area contributed by atoms with Crippen LogP contribution in [0.25, 0.3) is 0 Å².